The van der Waals surface area contributed by atoms with Gasteiger partial charge in [0.1, 0.15) is 5.76 Å². The number of nitrogens with zero attached hydrogens (tertiary/aromatic N) is 2. The number of carbonyl (C=O) groups excluding carboxylic acids is 2. The maximum absolute atomic E-state index is 13.1. The quantitative estimate of drug-likeness (QED) is 0.220. The zero-order chi connectivity index (χ0) is 25.9. The molecule has 0 aromatic heterocycles. The van der Waals surface area contributed by atoms with Gasteiger partial charge in [-0.3, -0.25) is 9.59 Å². The molecule has 1 atom stereocenters. The number of ether oxygens (including phenoxy) is 1. The molecule has 8 nitrogen and oxygen atoms in total. The van der Waals surface area contributed by atoms with Crippen LogP contribution in [-0.2, 0) is 24.3 Å². The van der Waals surface area contributed by atoms with Crippen molar-refractivity contribution in [2.24, 2.45) is 0 Å². The Labute approximate surface area is 219 Å². The second-order valence-corrected chi connectivity index (χ2v) is 11.7. The van der Waals surface area contributed by atoms with Crippen LogP contribution in [0, 0.1) is 0 Å². The molecular weight excluding hydrogens is 548 g/mol. The van der Waals surface area contributed by atoms with Crippen LogP contribution in [-0.4, -0.2) is 67.8 Å². The Bertz CT molecular complexity index is 1270. The number of piperidine rings is 1. The van der Waals surface area contributed by atoms with E-state index in [1.54, 1.807) is 25.3 Å². The Morgan fingerprint density at radius 3 is 2.42 bits per heavy atom. The van der Waals surface area contributed by atoms with Crippen molar-refractivity contribution in [1.29, 1.82) is 0 Å². The van der Waals surface area contributed by atoms with Crippen molar-refractivity contribution >= 4 is 43.4 Å². The van der Waals surface area contributed by atoms with Crippen LogP contribution in [0.25, 0.3) is 5.76 Å². The maximum Gasteiger partial charge on any atom is 0.295 e. The van der Waals surface area contributed by atoms with Gasteiger partial charge in [-0.05, 0) is 61.2 Å². The van der Waals surface area contributed by atoms with Crippen LogP contribution in [0.2, 0.25) is 0 Å². The van der Waals surface area contributed by atoms with Crippen molar-refractivity contribution in [1.82, 2.24) is 9.21 Å². The molecule has 36 heavy (non-hydrogen) atoms. The van der Waals surface area contributed by atoms with Crippen LogP contribution in [0.3, 0.4) is 0 Å². The first kappa shape index (κ1) is 26.5. The Morgan fingerprint density at radius 1 is 1.08 bits per heavy atom. The number of sulfonamides is 1. The monoisotopic (exact) mass is 576 g/mol. The first-order valence-electron chi connectivity index (χ1n) is 11.9. The minimum Gasteiger partial charge on any atom is -0.507 e. The molecule has 1 N–H and O–H groups in total. The van der Waals surface area contributed by atoms with E-state index in [2.05, 4.69) is 15.9 Å². The van der Waals surface area contributed by atoms with Gasteiger partial charge in [-0.2, -0.15) is 4.31 Å². The van der Waals surface area contributed by atoms with Gasteiger partial charge in [0, 0.05) is 43.4 Å². The van der Waals surface area contributed by atoms with Crippen LogP contribution in [0.15, 0.2) is 63.5 Å². The lowest BCUT2D eigenvalue weighted by atomic mass is 9.95. The smallest absolute Gasteiger partial charge is 0.295 e. The summed E-state index contributed by atoms with van der Waals surface area (Å²) in [5.74, 6) is -1.81. The lowest BCUT2D eigenvalue weighted by Gasteiger charge is -2.26. The number of amides is 1. The number of ketones is 1. The Morgan fingerprint density at radius 2 is 1.78 bits per heavy atom. The highest BCUT2D eigenvalue weighted by molar-refractivity contribution is 9.10. The van der Waals surface area contributed by atoms with Gasteiger partial charge in [-0.25, -0.2) is 8.42 Å². The Hall–Kier alpha value is -2.53. The van der Waals surface area contributed by atoms with Gasteiger partial charge < -0.3 is 14.7 Å². The molecular formula is C26H29BrN2O6S. The zero-order valence-corrected chi connectivity index (χ0v) is 22.4. The van der Waals surface area contributed by atoms with Crippen molar-refractivity contribution < 1.29 is 27.9 Å². The average Bonchev–Trinajstić information content (AvgIpc) is 3.14. The third-order valence-electron chi connectivity index (χ3n) is 6.53. The molecule has 2 fully saturated rings. The van der Waals surface area contributed by atoms with E-state index in [9.17, 15) is 23.1 Å². The van der Waals surface area contributed by atoms with Crippen molar-refractivity contribution in [2.75, 3.05) is 33.4 Å². The molecule has 0 unspecified atom stereocenters. The molecule has 2 aromatic rings. The molecule has 0 spiro atoms. The first-order valence-corrected chi connectivity index (χ1v) is 14.1. The molecule has 10 heteroatoms. The summed E-state index contributed by atoms with van der Waals surface area (Å²) in [6.07, 6.45) is 3.20. The van der Waals surface area contributed by atoms with Gasteiger partial charge in [0.25, 0.3) is 11.7 Å². The highest BCUT2D eigenvalue weighted by Crippen LogP contribution is 2.40. The minimum absolute atomic E-state index is 0.0258. The van der Waals surface area contributed by atoms with Crippen LogP contribution >= 0.6 is 15.9 Å². The van der Waals surface area contributed by atoms with Crippen molar-refractivity contribution in [3.63, 3.8) is 0 Å². The normalized spacial score (nSPS) is 20.7. The van der Waals surface area contributed by atoms with Crippen LogP contribution in [0.4, 0.5) is 0 Å². The second kappa shape index (κ2) is 11.2. The van der Waals surface area contributed by atoms with Gasteiger partial charge in [0.15, 0.2) is 0 Å². The van der Waals surface area contributed by atoms with E-state index in [0.29, 0.717) is 31.7 Å². The molecule has 4 rings (SSSR count). The third kappa shape index (κ3) is 5.27. The molecule has 2 heterocycles. The molecule has 2 aliphatic rings. The summed E-state index contributed by atoms with van der Waals surface area (Å²) < 4.78 is 33.3. The second-order valence-electron chi connectivity index (χ2n) is 8.88. The summed E-state index contributed by atoms with van der Waals surface area (Å²) in [6.45, 7) is 1.67. The van der Waals surface area contributed by atoms with E-state index in [1.807, 2.05) is 6.07 Å². The number of benzene rings is 2. The fraction of sp³-hybridized carbons (Fsp3) is 0.385. The van der Waals surface area contributed by atoms with E-state index >= 15 is 0 Å². The number of carbonyl (C=O) groups is 2. The lowest BCUT2D eigenvalue weighted by molar-refractivity contribution is -0.140. The van der Waals surface area contributed by atoms with E-state index in [4.69, 9.17) is 4.74 Å². The van der Waals surface area contributed by atoms with Gasteiger partial charge in [0.2, 0.25) is 10.0 Å². The Kier molecular flexibility index (Phi) is 8.29. The number of rotatable bonds is 8. The molecule has 0 radical (unpaired) electrons. The number of aliphatic hydroxyl groups is 1. The molecule has 1 amide bonds. The number of hydrogen-bond acceptors (Lipinski definition) is 6. The van der Waals surface area contributed by atoms with Crippen molar-refractivity contribution in [3.05, 3.63) is 69.7 Å². The zero-order valence-electron chi connectivity index (χ0n) is 20.0. The number of aliphatic hydroxyl groups excluding tert-OH is 1. The van der Waals surface area contributed by atoms with Gasteiger partial charge >= 0.3 is 0 Å². The highest BCUT2D eigenvalue weighted by atomic mass is 79.9. The number of Topliss-reactive ketones (excluding diaryl/α,β-unsaturated/α-hetero) is 1. The summed E-state index contributed by atoms with van der Waals surface area (Å²) in [7, 11) is -2.07. The summed E-state index contributed by atoms with van der Waals surface area (Å²) in [4.78, 5) is 27.7. The maximum atomic E-state index is 13.1. The highest BCUT2D eigenvalue weighted by Gasteiger charge is 2.45. The predicted octanol–water partition coefficient (Wildman–Crippen LogP) is 4.08. The molecule has 0 bridgehead atoms. The van der Waals surface area contributed by atoms with Gasteiger partial charge in [-0.1, -0.05) is 34.5 Å². The molecule has 2 aliphatic heterocycles. The van der Waals surface area contributed by atoms with Crippen LogP contribution in [0.5, 0.6) is 0 Å². The van der Waals surface area contributed by atoms with E-state index in [0.717, 1.165) is 23.7 Å². The predicted molar refractivity (Wildman–Crippen MR) is 139 cm³/mol. The molecule has 0 aliphatic carbocycles. The van der Waals surface area contributed by atoms with Crippen molar-refractivity contribution in [2.45, 2.75) is 36.6 Å². The molecule has 192 valence electrons. The average molecular weight is 577 g/mol. The largest absolute Gasteiger partial charge is 0.507 e. The lowest BCUT2D eigenvalue weighted by Crippen LogP contribution is -2.35. The summed E-state index contributed by atoms with van der Waals surface area (Å²) in [5, 5.41) is 11.2. The van der Waals surface area contributed by atoms with Crippen LogP contribution in [0.1, 0.15) is 42.9 Å². The summed E-state index contributed by atoms with van der Waals surface area (Å²) in [5.41, 5.74) is 0.913. The number of hydrogen-bond donors (Lipinski definition) is 1. The minimum atomic E-state index is -3.63. The molecule has 2 saturated heterocycles. The fourth-order valence-corrected chi connectivity index (χ4v) is 6.64. The molecule has 0 saturated carbocycles. The summed E-state index contributed by atoms with van der Waals surface area (Å²) in [6, 6.07) is 12.3. The standard InChI is InChI=1S/C26H29BrN2O6S/c1-35-16-6-15-29-23(19-7-5-8-20(27)17-19)22(25(31)26(29)32)24(30)18-9-11-21(12-10-18)36(33,34)28-13-3-2-4-14-28/h5,7-12,17,23,30H,2-4,6,13-16H2,1H3/t23-/m0/s1. The third-order valence-corrected chi connectivity index (χ3v) is 8.94. The number of halogens is 1. The first-order chi connectivity index (χ1) is 17.3. The van der Waals surface area contributed by atoms with Crippen LogP contribution < -0.4 is 0 Å². The van der Waals surface area contributed by atoms with Crippen molar-refractivity contribution in [3.8, 4) is 0 Å². The topological polar surface area (TPSA) is 104 Å². The fourth-order valence-electron chi connectivity index (χ4n) is 4.71. The van der Waals surface area contributed by atoms with E-state index in [1.165, 1.54) is 33.5 Å². The molecule has 2 aromatic carbocycles. The van der Waals surface area contributed by atoms with E-state index in [-0.39, 0.29) is 28.3 Å². The SMILES string of the molecule is COCCCN1C(=O)C(=O)C(=C(O)c2ccc(S(=O)(=O)N3CCCCC3)cc2)[C@@H]1c1cccc(Br)c1. The Balaban J connectivity index is 1.72. The van der Waals surface area contributed by atoms with E-state index < -0.39 is 27.8 Å². The summed E-state index contributed by atoms with van der Waals surface area (Å²) >= 11 is 3.44. The number of methoxy groups -OCH3 is 1. The van der Waals surface area contributed by atoms with Gasteiger partial charge in [0.05, 0.1) is 16.5 Å². The van der Waals surface area contributed by atoms with Gasteiger partial charge in [-0.15, -0.1) is 0 Å². The number of likely N-dealkylation sites (tertiary alicyclic amines) is 1.